The van der Waals surface area contributed by atoms with Crippen molar-refractivity contribution in [1.82, 2.24) is 5.48 Å². The number of hydrogen-bond donors (Lipinski definition) is 2. The minimum Gasteiger partial charge on any atom is -0.316 e. The van der Waals surface area contributed by atoms with Crippen LogP contribution in [0.3, 0.4) is 0 Å². The second-order valence-corrected chi connectivity index (χ2v) is 3.46. The Kier molecular flexibility index (Phi) is 3.01. The van der Waals surface area contributed by atoms with Crippen LogP contribution in [0.4, 0.5) is 4.39 Å². The van der Waals surface area contributed by atoms with Gasteiger partial charge in [0.25, 0.3) is 0 Å². The lowest BCUT2D eigenvalue weighted by molar-refractivity contribution is 0.158. The first-order valence-electron chi connectivity index (χ1n) is 4.20. The molecule has 0 saturated carbocycles. The van der Waals surface area contributed by atoms with E-state index in [1.54, 1.807) is 18.2 Å². The van der Waals surface area contributed by atoms with Gasteiger partial charge in [0.1, 0.15) is 5.67 Å². The summed E-state index contributed by atoms with van der Waals surface area (Å²) in [6.07, 6.45) is 0. The quantitative estimate of drug-likeness (QED) is 0.705. The van der Waals surface area contributed by atoms with Crippen LogP contribution in [0.1, 0.15) is 25.0 Å². The molecule has 1 aromatic rings. The minimum atomic E-state index is -1.37. The average Bonchev–Trinajstić information content (AvgIpc) is 2.04. The number of alkyl halides is 1. The van der Waals surface area contributed by atoms with E-state index in [1.165, 1.54) is 13.8 Å². The third kappa shape index (κ3) is 2.50. The van der Waals surface area contributed by atoms with E-state index in [9.17, 15) is 4.39 Å². The first kappa shape index (κ1) is 10.2. The van der Waals surface area contributed by atoms with Crippen LogP contribution in [0.15, 0.2) is 24.3 Å². The summed E-state index contributed by atoms with van der Waals surface area (Å²) in [7, 11) is 0. The van der Waals surface area contributed by atoms with Crippen molar-refractivity contribution in [1.29, 1.82) is 0 Å². The van der Waals surface area contributed by atoms with Gasteiger partial charge in [-0.2, -0.15) is 0 Å². The van der Waals surface area contributed by atoms with Crippen LogP contribution < -0.4 is 5.48 Å². The molecule has 0 aromatic heterocycles. The van der Waals surface area contributed by atoms with Crippen molar-refractivity contribution in [2.45, 2.75) is 26.1 Å². The highest BCUT2D eigenvalue weighted by Crippen LogP contribution is 2.27. The van der Waals surface area contributed by atoms with E-state index >= 15 is 0 Å². The molecule has 0 heterocycles. The predicted molar refractivity (Wildman–Crippen MR) is 49.2 cm³/mol. The monoisotopic (exact) mass is 183 g/mol. The lowest BCUT2D eigenvalue weighted by Gasteiger charge is -2.18. The second kappa shape index (κ2) is 3.85. The van der Waals surface area contributed by atoms with Gasteiger partial charge in [-0.1, -0.05) is 24.3 Å². The van der Waals surface area contributed by atoms with Crippen LogP contribution in [-0.4, -0.2) is 5.21 Å². The number of nitrogens with one attached hydrogen (secondary N) is 1. The summed E-state index contributed by atoms with van der Waals surface area (Å²) in [6.45, 7) is 3.27. The number of benzene rings is 1. The number of hydrogen-bond acceptors (Lipinski definition) is 2. The molecular weight excluding hydrogens is 169 g/mol. The molecule has 0 spiro atoms. The molecule has 0 aliphatic carbocycles. The van der Waals surface area contributed by atoms with Gasteiger partial charge in [0.05, 0.1) is 0 Å². The molecule has 2 N–H and O–H groups in total. The molecule has 13 heavy (non-hydrogen) atoms. The van der Waals surface area contributed by atoms with Gasteiger partial charge in [-0.3, -0.25) is 0 Å². The Hall–Kier alpha value is -0.930. The van der Waals surface area contributed by atoms with Crippen LogP contribution in [0, 0.1) is 0 Å². The van der Waals surface area contributed by atoms with Gasteiger partial charge < -0.3 is 5.21 Å². The highest BCUT2D eigenvalue weighted by molar-refractivity contribution is 5.31. The van der Waals surface area contributed by atoms with E-state index in [1.807, 2.05) is 11.5 Å². The summed E-state index contributed by atoms with van der Waals surface area (Å²) >= 11 is 0. The van der Waals surface area contributed by atoms with E-state index in [2.05, 4.69) is 0 Å². The van der Waals surface area contributed by atoms with Crippen LogP contribution in [0.2, 0.25) is 0 Å². The summed E-state index contributed by atoms with van der Waals surface area (Å²) in [5, 5.41) is 8.54. The van der Waals surface area contributed by atoms with Crippen molar-refractivity contribution in [3.63, 3.8) is 0 Å². The maximum Gasteiger partial charge on any atom is 0.130 e. The lowest BCUT2D eigenvalue weighted by Crippen LogP contribution is -2.16. The normalized spacial score (nSPS) is 11.7. The maximum absolute atomic E-state index is 13.6. The van der Waals surface area contributed by atoms with Crippen LogP contribution >= 0.6 is 0 Å². The SMILES string of the molecule is CC(C)(F)c1ccccc1CNO. The summed E-state index contributed by atoms with van der Waals surface area (Å²) < 4.78 is 13.6. The lowest BCUT2D eigenvalue weighted by atomic mass is 9.95. The third-order valence-electron chi connectivity index (χ3n) is 1.93. The molecular formula is C10H14FNO. The Labute approximate surface area is 77.4 Å². The van der Waals surface area contributed by atoms with Crippen LogP contribution in [-0.2, 0) is 12.2 Å². The topological polar surface area (TPSA) is 32.3 Å². The molecule has 72 valence electrons. The summed E-state index contributed by atoms with van der Waals surface area (Å²) in [6, 6.07) is 7.13. The van der Waals surface area contributed by atoms with Gasteiger partial charge in [-0.05, 0) is 25.0 Å². The molecule has 0 aliphatic heterocycles. The molecule has 3 heteroatoms. The van der Waals surface area contributed by atoms with Gasteiger partial charge in [-0.25, -0.2) is 9.87 Å². The predicted octanol–water partition coefficient (Wildman–Crippen LogP) is 2.37. The number of hydroxylamine groups is 1. The van der Waals surface area contributed by atoms with Crippen molar-refractivity contribution in [2.24, 2.45) is 0 Å². The minimum absolute atomic E-state index is 0.267. The Morgan fingerprint density at radius 1 is 1.38 bits per heavy atom. The molecule has 0 unspecified atom stereocenters. The molecule has 0 fully saturated rings. The van der Waals surface area contributed by atoms with Crippen molar-refractivity contribution in [2.75, 3.05) is 0 Å². The largest absolute Gasteiger partial charge is 0.316 e. The molecule has 0 bridgehead atoms. The maximum atomic E-state index is 13.6. The fraction of sp³-hybridized carbons (Fsp3) is 0.400. The van der Waals surface area contributed by atoms with Gasteiger partial charge >= 0.3 is 0 Å². The third-order valence-corrected chi connectivity index (χ3v) is 1.93. The van der Waals surface area contributed by atoms with E-state index < -0.39 is 5.67 Å². The zero-order valence-corrected chi connectivity index (χ0v) is 7.84. The standard InChI is InChI=1S/C10H14FNO/c1-10(2,11)9-6-4-3-5-8(9)7-12-13/h3-6,12-13H,7H2,1-2H3. The van der Waals surface area contributed by atoms with Crippen molar-refractivity contribution >= 4 is 0 Å². The molecule has 1 rings (SSSR count). The molecule has 0 atom stereocenters. The first-order valence-corrected chi connectivity index (χ1v) is 4.20. The second-order valence-electron chi connectivity index (χ2n) is 3.46. The Bertz CT molecular complexity index is 280. The fourth-order valence-corrected chi connectivity index (χ4v) is 1.34. The molecule has 1 aromatic carbocycles. The van der Waals surface area contributed by atoms with Gasteiger partial charge in [0.2, 0.25) is 0 Å². The van der Waals surface area contributed by atoms with E-state index in [-0.39, 0.29) is 6.54 Å². The van der Waals surface area contributed by atoms with E-state index in [4.69, 9.17) is 5.21 Å². The van der Waals surface area contributed by atoms with Crippen molar-refractivity contribution in [3.8, 4) is 0 Å². The van der Waals surface area contributed by atoms with E-state index in [0.29, 0.717) is 5.56 Å². The highest BCUT2D eigenvalue weighted by Gasteiger charge is 2.21. The molecule has 0 radical (unpaired) electrons. The number of rotatable bonds is 3. The smallest absolute Gasteiger partial charge is 0.130 e. The summed E-state index contributed by atoms with van der Waals surface area (Å²) in [4.78, 5) is 0. The van der Waals surface area contributed by atoms with Crippen LogP contribution in [0.25, 0.3) is 0 Å². The first-order chi connectivity index (χ1) is 6.05. The van der Waals surface area contributed by atoms with Crippen LogP contribution in [0.5, 0.6) is 0 Å². The fourth-order valence-electron chi connectivity index (χ4n) is 1.34. The van der Waals surface area contributed by atoms with Gasteiger partial charge in [0.15, 0.2) is 0 Å². The van der Waals surface area contributed by atoms with Crippen molar-refractivity contribution in [3.05, 3.63) is 35.4 Å². The Balaban J connectivity index is 3.05. The molecule has 2 nitrogen and oxygen atoms in total. The average molecular weight is 183 g/mol. The zero-order chi connectivity index (χ0) is 9.90. The summed E-state index contributed by atoms with van der Waals surface area (Å²) in [5.74, 6) is 0. The zero-order valence-electron chi connectivity index (χ0n) is 7.84. The Morgan fingerprint density at radius 2 is 2.00 bits per heavy atom. The van der Waals surface area contributed by atoms with Gasteiger partial charge in [-0.15, -0.1) is 0 Å². The molecule has 0 amide bonds. The molecule has 0 saturated heterocycles. The summed E-state index contributed by atoms with van der Waals surface area (Å²) in [5.41, 5.74) is 2.05. The molecule has 0 aliphatic rings. The van der Waals surface area contributed by atoms with E-state index in [0.717, 1.165) is 5.56 Å². The van der Waals surface area contributed by atoms with Gasteiger partial charge in [0, 0.05) is 6.54 Å². The highest BCUT2D eigenvalue weighted by atomic mass is 19.1. The Morgan fingerprint density at radius 3 is 2.54 bits per heavy atom. The number of halogens is 1. The van der Waals surface area contributed by atoms with Crippen molar-refractivity contribution < 1.29 is 9.60 Å².